The summed E-state index contributed by atoms with van der Waals surface area (Å²) in [6.45, 7) is 2.57. The number of likely N-dealkylation sites (N-methyl/N-ethyl adjacent to an activating group) is 1. The summed E-state index contributed by atoms with van der Waals surface area (Å²) >= 11 is 0. The van der Waals surface area contributed by atoms with Crippen LogP contribution < -0.4 is 4.90 Å². The van der Waals surface area contributed by atoms with Crippen LogP contribution in [0.2, 0.25) is 0 Å². The van der Waals surface area contributed by atoms with Crippen molar-refractivity contribution >= 4 is 17.3 Å². The number of anilines is 1. The predicted molar refractivity (Wildman–Crippen MR) is 76.2 cm³/mol. The second-order valence-corrected chi connectivity index (χ2v) is 4.87. The average molecular weight is 281 g/mol. The van der Waals surface area contributed by atoms with E-state index in [0.717, 1.165) is 5.56 Å². The monoisotopic (exact) mass is 281 g/mol. The lowest BCUT2D eigenvalue weighted by atomic mass is 10.1. The van der Waals surface area contributed by atoms with Gasteiger partial charge in [-0.25, -0.2) is 0 Å². The van der Waals surface area contributed by atoms with Crippen molar-refractivity contribution in [2.45, 2.75) is 6.92 Å². The van der Waals surface area contributed by atoms with Crippen LogP contribution in [0.15, 0.2) is 18.2 Å². The molecule has 0 heterocycles. The van der Waals surface area contributed by atoms with Crippen molar-refractivity contribution < 1.29 is 14.8 Å². The molecule has 7 heteroatoms. The molecule has 1 N–H and O–H groups in total. The van der Waals surface area contributed by atoms with Crippen molar-refractivity contribution in [3.63, 3.8) is 0 Å². The van der Waals surface area contributed by atoms with Crippen LogP contribution in [-0.4, -0.2) is 54.6 Å². The molecule has 0 aliphatic carbocycles. The molecule has 0 atom stereocenters. The standard InChI is InChI=1S/C13H19N3O4/c1-10-4-5-11(16(19)20)12(8-10)15(9-13(17)18)7-6-14(2)3/h4-5,8H,6-7,9H2,1-3H3,(H,17,18). The lowest BCUT2D eigenvalue weighted by Gasteiger charge is -2.24. The van der Waals surface area contributed by atoms with E-state index < -0.39 is 10.9 Å². The third-order valence-corrected chi connectivity index (χ3v) is 2.81. The van der Waals surface area contributed by atoms with E-state index in [4.69, 9.17) is 5.11 Å². The van der Waals surface area contributed by atoms with Crippen molar-refractivity contribution in [1.82, 2.24) is 4.90 Å². The van der Waals surface area contributed by atoms with Crippen molar-refractivity contribution in [3.05, 3.63) is 33.9 Å². The highest BCUT2D eigenvalue weighted by Gasteiger charge is 2.21. The van der Waals surface area contributed by atoms with Crippen molar-refractivity contribution in [2.24, 2.45) is 0 Å². The number of nitrogens with zero attached hydrogens (tertiary/aromatic N) is 3. The molecular formula is C13H19N3O4. The maximum Gasteiger partial charge on any atom is 0.323 e. The van der Waals surface area contributed by atoms with Gasteiger partial charge in [-0.15, -0.1) is 0 Å². The fourth-order valence-corrected chi connectivity index (χ4v) is 1.81. The molecule has 110 valence electrons. The molecule has 1 aromatic carbocycles. The van der Waals surface area contributed by atoms with Gasteiger partial charge >= 0.3 is 5.97 Å². The molecule has 0 unspecified atom stereocenters. The first-order valence-corrected chi connectivity index (χ1v) is 6.17. The van der Waals surface area contributed by atoms with Crippen molar-refractivity contribution in [2.75, 3.05) is 38.6 Å². The molecule has 0 saturated heterocycles. The summed E-state index contributed by atoms with van der Waals surface area (Å²) in [6.07, 6.45) is 0. The smallest absolute Gasteiger partial charge is 0.323 e. The number of carboxylic acids is 1. The summed E-state index contributed by atoms with van der Waals surface area (Å²) in [5.41, 5.74) is 1.13. The maximum atomic E-state index is 11.1. The lowest BCUT2D eigenvalue weighted by Crippen LogP contribution is -2.36. The summed E-state index contributed by atoms with van der Waals surface area (Å²) in [7, 11) is 3.73. The molecule has 0 spiro atoms. The Morgan fingerprint density at radius 2 is 2.00 bits per heavy atom. The number of aliphatic carboxylic acids is 1. The van der Waals surface area contributed by atoms with Gasteiger partial charge in [0.25, 0.3) is 5.69 Å². The first-order valence-electron chi connectivity index (χ1n) is 6.17. The summed E-state index contributed by atoms with van der Waals surface area (Å²) in [5.74, 6) is -1.01. The van der Waals surface area contributed by atoms with E-state index in [1.54, 1.807) is 12.1 Å². The minimum Gasteiger partial charge on any atom is -0.480 e. The third kappa shape index (κ3) is 4.51. The number of carbonyl (C=O) groups is 1. The van der Waals surface area contributed by atoms with Crippen LogP contribution in [-0.2, 0) is 4.79 Å². The fourth-order valence-electron chi connectivity index (χ4n) is 1.81. The van der Waals surface area contributed by atoms with E-state index in [9.17, 15) is 14.9 Å². The first kappa shape index (κ1) is 15.9. The maximum absolute atomic E-state index is 11.1. The molecule has 0 amide bonds. The molecule has 0 aromatic heterocycles. The van der Waals surface area contributed by atoms with Crippen LogP contribution in [0.1, 0.15) is 5.56 Å². The van der Waals surface area contributed by atoms with Crippen LogP contribution >= 0.6 is 0 Å². The Labute approximate surface area is 117 Å². The quantitative estimate of drug-likeness (QED) is 0.599. The van der Waals surface area contributed by atoms with Gasteiger partial charge in [0, 0.05) is 19.2 Å². The number of hydrogen-bond donors (Lipinski definition) is 1. The van der Waals surface area contributed by atoms with Gasteiger partial charge in [0.15, 0.2) is 0 Å². The Hall–Kier alpha value is -2.15. The Kier molecular flexibility index (Phi) is 5.45. The molecule has 0 aliphatic heterocycles. The summed E-state index contributed by atoms with van der Waals surface area (Å²) < 4.78 is 0. The van der Waals surface area contributed by atoms with E-state index in [1.165, 1.54) is 11.0 Å². The van der Waals surface area contributed by atoms with Gasteiger partial charge in [0.2, 0.25) is 0 Å². The molecule has 0 fully saturated rings. The van der Waals surface area contributed by atoms with E-state index in [2.05, 4.69) is 0 Å². The van der Waals surface area contributed by atoms with E-state index in [-0.39, 0.29) is 12.2 Å². The van der Waals surface area contributed by atoms with Crippen LogP contribution in [0.5, 0.6) is 0 Å². The molecule has 0 bridgehead atoms. The van der Waals surface area contributed by atoms with Gasteiger partial charge in [-0.3, -0.25) is 14.9 Å². The predicted octanol–water partition coefficient (Wildman–Crippen LogP) is 1.36. The molecule has 7 nitrogen and oxygen atoms in total. The van der Waals surface area contributed by atoms with Gasteiger partial charge in [0.05, 0.1) is 4.92 Å². The Morgan fingerprint density at radius 3 is 2.50 bits per heavy atom. The number of hydrogen-bond acceptors (Lipinski definition) is 5. The molecule has 20 heavy (non-hydrogen) atoms. The molecule has 0 radical (unpaired) electrons. The van der Waals surface area contributed by atoms with E-state index >= 15 is 0 Å². The highest BCUT2D eigenvalue weighted by atomic mass is 16.6. The highest BCUT2D eigenvalue weighted by molar-refractivity contribution is 5.76. The zero-order chi connectivity index (χ0) is 15.3. The summed E-state index contributed by atoms with van der Waals surface area (Å²) in [5, 5.41) is 20.1. The summed E-state index contributed by atoms with van der Waals surface area (Å²) in [6, 6.07) is 4.71. The van der Waals surface area contributed by atoms with Gasteiger partial charge in [-0.1, -0.05) is 6.07 Å². The van der Waals surface area contributed by atoms with Gasteiger partial charge in [-0.05, 0) is 32.6 Å². The minimum atomic E-state index is -1.01. The van der Waals surface area contributed by atoms with E-state index in [0.29, 0.717) is 18.8 Å². The Bertz CT molecular complexity index is 502. The molecular weight excluding hydrogens is 262 g/mol. The third-order valence-electron chi connectivity index (χ3n) is 2.81. The molecule has 0 aliphatic rings. The number of carboxylic acid groups (broad SMARTS) is 1. The van der Waals surface area contributed by atoms with Crippen LogP contribution in [0.25, 0.3) is 0 Å². The minimum absolute atomic E-state index is 0.0735. The molecule has 1 aromatic rings. The second kappa shape index (κ2) is 6.85. The lowest BCUT2D eigenvalue weighted by molar-refractivity contribution is -0.384. The number of nitro groups is 1. The molecule has 0 saturated carbocycles. The van der Waals surface area contributed by atoms with Crippen molar-refractivity contribution in [1.29, 1.82) is 0 Å². The van der Waals surface area contributed by atoms with Gasteiger partial charge < -0.3 is 14.9 Å². The molecule has 1 rings (SSSR count). The fraction of sp³-hybridized carbons (Fsp3) is 0.462. The Morgan fingerprint density at radius 1 is 1.35 bits per heavy atom. The number of aryl methyl sites for hydroxylation is 1. The van der Waals surface area contributed by atoms with Crippen LogP contribution in [0, 0.1) is 17.0 Å². The average Bonchev–Trinajstić information content (AvgIpc) is 2.33. The SMILES string of the molecule is Cc1ccc([N+](=O)[O-])c(N(CCN(C)C)CC(=O)O)c1. The normalized spacial score (nSPS) is 10.6. The van der Waals surface area contributed by atoms with Crippen molar-refractivity contribution in [3.8, 4) is 0 Å². The number of benzene rings is 1. The van der Waals surface area contributed by atoms with E-state index in [1.807, 2.05) is 25.9 Å². The van der Waals surface area contributed by atoms with Gasteiger partial charge in [0.1, 0.15) is 12.2 Å². The zero-order valence-corrected chi connectivity index (χ0v) is 11.9. The highest BCUT2D eigenvalue weighted by Crippen LogP contribution is 2.29. The van der Waals surface area contributed by atoms with Gasteiger partial charge in [-0.2, -0.15) is 0 Å². The Balaban J connectivity index is 3.13. The summed E-state index contributed by atoms with van der Waals surface area (Å²) in [4.78, 5) is 25.0. The number of nitro benzene ring substituents is 1. The zero-order valence-electron chi connectivity index (χ0n) is 11.9. The first-order chi connectivity index (χ1) is 9.31. The second-order valence-electron chi connectivity index (χ2n) is 4.87. The number of rotatable bonds is 7. The largest absolute Gasteiger partial charge is 0.480 e. The topological polar surface area (TPSA) is 86.9 Å². The van der Waals surface area contributed by atoms with Crippen LogP contribution in [0.3, 0.4) is 0 Å². The van der Waals surface area contributed by atoms with Crippen LogP contribution in [0.4, 0.5) is 11.4 Å².